The maximum Gasteiger partial charge on any atom is 0.226 e. The van der Waals surface area contributed by atoms with Crippen LogP contribution in [-0.2, 0) is 4.79 Å². The van der Waals surface area contributed by atoms with Crippen LogP contribution in [0.4, 0.5) is 0 Å². The van der Waals surface area contributed by atoms with Crippen LogP contribution in [0.1, 0.15) is 52.9 Å². The molecule has 1 aliphatic carbocycles. The molecule has 0 aromatic heterocycles. The third-order valence-electron chi connectivity index (χ3n) is 3.99. The van der Waals surface area contributed by atoms with E-state index in [0.717, 1.165) is 32.4 Å². The Labute approximate surface area is 106 Å². The van der Waals surface area contributed by atoms with E-state index in [4.69, 9.17) is 5.73 Å². The lowest BCUT2D eigenvalue weighted by atomic mass is 9.81. The SMILES string of the molecule is CCCN(CCCN)C(=O)C1CCCC1(C)C. The molecule has 1 unspecified atom stereocenters. The molecule has 1 fully saturated rings. The van der Waals surface area contributed by atoms with Gasteiger partial charge in [-0.2, -0.15) is 0 Å². The molecule has 1 aliphatic rings. The molecule has 0 bridgehead atoms. The van der Waals surface area contributed by atoms with Crippen molar-refractivity contribution in [3.63, 3.8) is 0 Å². The van der Waals surface area contributed by atoms with Crippen molar-refractivity contribution in [1.82, 2.24) is 4.90 Å². The van der Waals surface area contributed by atoms with E-state index in [0.29, 0.717) is 12.5 Å². The van der Waals surface area contributed by atoms with Gasteiger partial charge in [0.25, 0.3) is 0 Å². The molecular formula is C14H28N2O. The zero-order valence-corrected chi connectivity index (χ0v) is 11.7. The van der Waals surface area contributed by atoms with Gasteiger partial charge in [0.05, 0.1) is 0 Å². The zero-order valence-electron chi connectivity index (χ0n) is 11.7. The molecule has 1 rings (SSSR count). The number of carbonyl (C=O) groups excluding carboxylic acids is 1. The van der Waals surface area contributed by atoms with Gasteiger partial charge in [0.1, 0.15) is 0 Å². The molecule has 0 aromatic carbocycles. The van der Waals surface area contributed by atoms with Gasteiger partial charge in [-0.25, -0.2) is 0 Å². The molecule has 0 radical (unpaired) electrons. The van der Waals surface area contributed by atoms with E-state index < -0.39 is 0 Å². The van der Waals surface area contributed by atoms with Crippen LogP contribution in [0.2, 0.25) is 0 Å². The molecule has 1 saturated carbocycles. The second-order valence-electron chi connectivity index (χ2n) is 5.90. The highest BCUT2D eigenvalue weighted by atomic mass is 16.2. The standard InChI is InChI=1S/C14H28N2O/c1-4-10-16(11-6-9-15)13(17)12-7-5-8-14(12,2)3/h12H,4-11,15H2,1-3H3. The quantitative estimate of drug-likeness (QED) is 0.775. The van der Waals surface area contributed by atoms with Crippen molar-refractivity contribution in [1.29, 1.82) is 0 Å². The van der Waals surface area contributed by atoms with Gasteiger partial charge in [0, 0.05) is 19.0 Å². The number of carbonyl (C=O) groups is 1. The van der Waals surface area contributed by atoms with Crippen molar-refractivity contribution in [3.05, 3.63) is 0 Å². The molecule has 0 heterocycles. The summed E-state index contributed by atoms with van der Waals surface area (Å²) in [4.78, 5) is 14.6. The first-order valence-corrected chi connectivity index (χ1v) is 7.01. The Morgan fingerprint density at radius 2 is 2.12 bits per heavy atom. The molecule has 17 heavy (non-hydrogen) atoms. The Balaban J connectivity index is 2.63. The van der Waals surface area contributed by atoms with Crippen molar-refractivity contribution < 1.29 is 4.79 Å². The first kappa shape index (κ1) is 14.5. The summed E-state index contributed by atoms with van der Waals surface area (Å²) in [6, 6.07) is 0. The van der Waals surface area contributed by atoms with E-state index in [1.54, 1.807) is 0 Å². The summed E-state index contributed by atoms with van der Waals surface area (Å²) in [5.74, 6) is 0.592. The maximum absolute atomic E-state index is 12.5. The van der Waals surface area contributed by atoms with E-state index in [1.807, 2.05) is 4.90 Å². The summed E-state index contributed by atoms with van der Waals surface area (Å²) < 4.78 is 0. The summed E-state index contributed by atoms with van der Waals surface area (Å²) in [5.41, 5.74) is 5.73. The second kappa shape index (κ2) is 6.39. The van der Waals surface area contributed by atoms with Crippen LogP contribution in [0.25, 0.3) is 0 Å². The minimum Gasteiger partial charge on any atom is -0.342 e. The van der Waals surface area contributed by atoms with Gasteiger partial charge in [0.2, 0.25) is 5.91 Å². The fourth-order valence-electron chi connectivity index (χ4n) is 2.89. The van der Waals surface area contributed by atoms with Crippen LogP contribution in [-0.4, -0.2) is 30.4 Å². The van der Waals surface area contributed by atoms with Gasteiger partial charge >= 0.3 is 0 Å². The van der Waals surface area contributed by atoms with E-state index in [-0.39, 0.29) is 11.3 Å². The maximum atomic E-state index is 12.5. The number of hydrogen-bond donors (Lipinski definition) is 1. The lowest BCUT2D eigenvalue weighted by Gasteiger charge is -2.32. The Morgan fingerprint density at radius 3 is 2.59 bits per heavy atom. The van der Waals surface area contributed by atoms with Crippen LogP contribution in [0.3, 0.4) is 0 Å². The molecule has 0 spiro atoms. The molecule has 0 aromatic rings. The average Bonchev–Trinajstić information content (AvgIpc) is 2.63. The van der Waals surface area contributed by atoms with Gasteiger partial charge in [-0.05, 0) is 37.6 Å². The van der Waals surface area contributed by atoms with Gasteiger partial charge in [-0.3, -0.25) is 4.79 Å². The first-order valence-electron chi connectivity index (χ1n) is 7.01. The molecule has 1 atom stereocenters. The minimum absolute atomic E-state index is 0.186. The molecular weight excluding hydrogens is 212 g/mol. The number of nitrogens with zero attached hydrogens (tertiary/aromatic N) is 1. The van der Waals surface area contributed by atoms with Crippen LogP contribution >= 0.6 is 0 Å². The monoisotopic (exact) mass is 240 g/mol. The molecule has 0 saturated heterocycles. The highest BCUT2D eigenvalue weighted by Gasteiger charge is 2.40. The van der Waals surface area contributed by atoms with Crippen molar-refractivity contribution >= 4 is 5.91 Å². The van der Waals surface area contributed by atoms with Gasteiger partial charge < -0.3 is 10.6 Å². The number of rotatable bonds is 6. The molecule has 100 valence electrons. The normalized spacial score (nSPS) is 22.7. The number of amides is 1. The van der Waals surface area contributed by atoms with Gasteiger partial charge in [0.15, 0.2) is 0 Å². The van der Waals surface area contributed by atoms with Crippen LogP contribution in [0.5, 0.6) is 0 Å². The third-order valence-corrected chi connectivity index (χ3v) is 3.99. The molecule has 1 amide bonds. The predicted octanol–water partition coefficient (Wildman–Crippen LogP) is 2.40. The smallest absolute Gasteiger partial charge is 0.226 e. The zero-order chi connectivity index (χ0) is 12.9. The number of nitrogens with two attached hydrogens (primary N) is 1. The fourth-order valence-corrected chi connectivity index (χ4v) is 2.89. The molecule has 2 N–H and O–H groups in total. The summed E-state index contributed by atoms with van der Waals surface area (Å²) in [6.07, 6.45) is 5.39. The van der Waals surface area contributed by atoms with Crippen molar-refractivity contribution in [2.45, 2.75) is 52.9 Å². The first-order chi connectivity index (χ1) is 8.03. The second-order valence-corrected chi connectivity index (χ2v) is 5.90. The Kier molecular flexibility index (Phi) is 5.44. The Morgan fingerprint density at radius 1 is 1.41 bits per heavy atom. The molecule has 0 aliphatic heterocycles. The highest BCUT2D eigenvalue weighted by Crippen LogP contribution is 2.43. The van der Waals surface area contributed by atoms with Gasteiger partial charge in [-0.1, -0.05) is 27.2 Å². The summed E-state index contributed by atoms with van der Waals surface area (Å²) in [7, 11) is 0. The van der Waals surface area contributed by atoms with E-state index in [1.165, 1.54) is 12.8 Å². The average molecular weight is 240 g/mol. The summed E-state index contributed by atoms with van der Waals surface area (Å²) >= 11 is 0. The highest BCUT2D eigenvalue weighted by molar-refractivity contribution is 5.80. The van der Waals surface area contributed by atoms with Crippen LogP contribution < -0.4 is 5.73 Å². The van der Waals surface area contributed by atoms with Crippen LogP contribution in [0.15, 0.2) is 0 Å². The summed E-state index contributed by atoms with van der Waals surface area (Å²) in [6.45, 7) is 8.97. The molecule has 3 heteroatoms. The van der Waals surface area contributed by atoms with Gasteiger partial charge in [-0.15, -0.1) is 0 Å². The lowest BCUT2D eigenvalue weighted by Crippen LogP contribution is -2.41. The topological polar surface area (TPSA) is 46.3 Å². The fraction of sp³-hybridized carbons (Fsp3) is 0.929. The van der Waals surface area contributed by atoms with E-state index in [2.05, 4.69) is 20.8 Å². The van der Waals surface area contributed by atoms with Crippen LogP contribution in [0, 0.1) is 11.3 Å². The largest absolute Gasteiger partial charge is 0.342 e. The lowest BCUT2D eigenvalue weighted by molar-refractivity contribution is -0.138. The summed E-state index contributed by atoms with van der Waals surface area (Å²) in [5, 5.41) is 0. The molecule has 3 nitrogen and oxygen atoms in total. The van der Waals surface area contributed by atoms with E-state index in [9.17, 15) is 4.79 Å². The predicted molar refractivity (Wildman–Crippen MR) is 71.7 cm³/mol. The third kappa shape index (κ3) is 3.70. The minimum atomic E-state index is 0.186. The van der Waals surface area contributed by atoms with Crippen molar-refractivity contribution in [3.8, 4) is 0 Å². The number of hydrogen-bond acceptors (Lipinski definition) is 2. The van der Waals surface area contributed by atoms with Crippen molar-refractivity contribution in [2.24, 2.45) is 17.1 Å². The van der Waals surface area contributed by atoms with Crippen molar-refractivity contribution in [2.75, 3.05) is 19.6 Å². The Bertz CT molecular complexity index is 251. The Hall–Kier alpha value is -0.570. The van der Waals surface area contributed by atoms with E-state index >= 15 is 0 Å².